The number of nitrogens with zero attached hydrogens (tertiary/aromatic N) is 3. The Labute approximate surface area is 104 Å². The van der Waals surface area contributed by atoms with E-state index < -0.39 is 0 Å². The van der Waals surface area contributed by atoms with Crippen LogP contribution in [0, 0.1) is 0 Å². The first-order chi connectivity index (χ1) is 8.83. The largest absolute Gasteiger partial charge is 0.307 e. The van der Waals surface area contributed by atoms with Crippen molar-refractivity contribution in [2.24, 2.45) is 7.05 Å². The van der Waals surface area contributed by atoms with Gasteiger partial charge in [-0.3, -0.25) is 9.78 Å². The van der Waals surface area contributed by atoms with Crippen LogP contribution in [0.15, 0.2) is 24.4 Å². The Hall–Kier alpha value is -2.14. The van der Waals surface area contributed by atoms with Crippen LogP contribution in [-0.2, 0) is 20.1 Å². The van der Waals surface area contributed by atoms with E-state index in [4.69, 9.17) is 0 Å². The van der Waals surface area contributed by atoms with E-state index in [0.29, 0.717) is 0 Å². The summed E-state index contributed by atoms with van der Waals surface area (Å²) in [6, 6.07) is 6.36. The number of aromatic nitrogens is 4. The third-order valence-corrected chi connectivity index (χ3v) is 3.58. The number of benzene rings is 1. The van der Waals surface area contributed by atoms with Gasteiger partial charge in [0.2, 0.25) is 0 Å². The van der Waals surface area contributed by atoms with Crippen molar-refractivity contribution in [1.29, 1.82) is 0 Å². The third-order valence-electron chi connectivity index (χ3n) is 3.58. The molecule has 2 N–H and O–H groups in total. The Balaban J connectivity index is 1.91. The van der Waals surface area contributed by atoms with Crippen molar-refractivity contribution in [1.82, 2.24) is 25.3 Å². The maximum absolute atomic E-state index is 4.43. The van der Waals surface area contributed by atoms with Crippen molar-refractivity contribution in [3.63, 3.8) is 0 Å². The number of aromatic amines is 1. The molecule has 3 heterocycles. The fourth-order valence-electron chi connectivity index (χ4n) is 2.60. The van der Waals surface area contributed by atoms with Crippen LogP contribution in [0.1, 0.15) is 11.3 Å². The third kappa shape index (κ3) is 1.25. The zero-order valence-corrected chi connectivity index (χ0v) is 10.1. The number of fused-ring (bicyclic) bond motifs is 2. The molecule has 3 aromatic rings. The summed E-state index contributed by atoms with van der Waals surface area (Å²) >= 11 is 0. The van der Waals surface area contributed by atoms with Crippen molar-refractivity contribution < 1.29 is 0 Å². The second-order valence-electron chi connectivity index (χ2n) is 4.67. The molecule has 0 radical (unpaired) electrons. The normalized spacial score (nSPS) is 14.3. The molecule has 2 aromatic heterocycles. The molecule has 18 heavy (non-hydrogen) atoms. The SMILES string of the molecule is Cn1ncc2cc(-c3n[nH]c4c3CNC4)ccc21. The standard InChI is InChI=1S/C13H13N5/c1-18-12-3-2-8(4-9(12)5-15-18)13-10-6-14-7-11(10)16-17-13/h2-5,14H,6-7H2,1H3,(H,16,17). The molecule has 1 aromatic carbocycles. The lowest BCUT2D eigenvalue weighted by Crippen LogP contribution is -2.02. The monoisotopic (exact) mass is 239 g/mol. The van der Waals surface area contributed by atoms with Gasteiger partial charge in [0.1, 0.15) is 0 Å². The van der Waals surface area contributed by atoms with Gasteiger partial charge < -0.3 is 5.32 Å². The highest BCUT2D eigenvalue weighted by atomic mass is 15.2. The Kier molecular flexibility index (Phi) is 1.87. The maximum Gasteiger partial charge on any atom is 0.0969 e. The highest BCUT2D eigenvalue weighted by Crippen LogP contribution is 2.28. The van der Waals surface area contributed by atoms with Crippen LogP contribution < -0.4 is 5.32 Å². The van der Waals surface area contributed by atoms with Crippen molar-refractivity contribution in [2.75, 3.05) is 0 Å². The second kappa shape index (κ2) is 3.43. The molecule has 0 amide bonds. The van der Waals surface area contributed by atoms with Crippen LogP contribution in [0.2, 0.25) is 0 Å². The van der Waals surface area contributed by atoms with E-state index in [9.17, 15) is 0 Å². The first-order valence-electron chi connectivity index (χ1n) is 6.02. The van der Waals surface area contributed by atoms with Gasteiger partial charge in [0.05, 0.1) is 23.1 Å². The minimum atomic E-state index is 0.886. The van der Waals surface area contributed by atoms with Crippen LogP contribution in [0.3, 0.4) is 0 Å². The molecule has 1 aliphatic heterocycles. The van der Waals surface area contributed by atoms with E-state index in [1.807, 2.05) is 17.9 Å². The van der Waals surface area contributed by atoms with Crippen LogP contribution >= 0.6 is 0 Å². The molecule has 0 fully saturated rings. The summed E-state index contributed by atoms with van der Waals surface area (Å²) in [5, 5.41) is 16.3. The van der Waals surface area contributed by atoms with Crippen LogP contribution in [0.5, 0.6) is 0 Å². The summed E-state index contributed by atoms with van der Waals surface area (Å²) < 4.78 is 1.88. The lowest BCUT2D eigenvalue weighted by Gasteiger charge is -2.01. The minimum Gasteiger partial charge on any atom is -0.307 e. The van der Waals surface area contributed by atoms with E-state index in [0.717, 1.165) is 35.2 Å². The minimum absolute atomic E-state index is 0.886. The highest BCUT2D eigenvalue weighted by molar-refractivity contribution is 5.84. The first-order valence-corrected chi connectivity index (χ1v) is 6.02. The fraction of sp³-hybridized carbons (Fsp3) is 0.231. The quantitative estimate of drug-likeness (QED) is 0.677. The van der Waals surface area contributed by atoms with Gasteiger partial charge in [-0.15, -0.1) is 0 Å². The first kappa shape index (κ1) is 9.85. The number of nitrogens with one attached hydrogen (secondary N) is 2. The van der Waals surface area contributed by atoms with Gasteiger partial charge in [-0.1, -0.05) is 6.07 Å². The van der Waals surface area contributed by atoms with Crippen LogP contribution in [0.25, 0.3) is 22.2 Å². The summed E-state index contributed by atoms with van der Waals surface area (Å²) in [5.41, 5.74) is 5.84. The maximum atomic E-state index is 4.43. The summed E-state index contributed by atoms with van der Waals surface area (Å²) in [6.07, 6.45) is 1.89. The smallest absolute Gasteiger partial charge is 0.0969 e. The number of hydrogen-bond acceptors (Lipinski definition) is 3. The lowest BCUT2D eigenvalue weighted by molar-refractivity contribution is 0.743. The zero-order chi connectivity index (χ0) is 12.1. The van der Waals surface area contributed by atoms with Gasteiger partial charge in [-0.05, 0) is 12.1 Å². The van der Waals surface area contributed by atoms with E-state index in [1.165, 1.54) is 11.3 Å². The molecule has 1 aliphatic rings. The van der Waals surface area contributed by atoms with Crippen molar-refractivity contribution >= 4 is 10.9 Å². The summed E-state index contributed by atoms with van der Waals surface area (Å²) in [6.45, 7) is 1.78. The number of hydrogen-bond donors (Lipinski definition) is 2. The molecule has 0 atom stereocenters. The van der Waals surface area contributed by atoms with E-state index >= 15 is 0 Å². The lowest BCUT2D eigenvalue weighted by atomic mass is 10.1. The Bertz CT molecular complexity index is 737. The molecule has 5 nitrogen and oxygen atoms in total. The predicted molar refractivity (Wildman–Crippen MR) is 68.8 cm³/mol. The molecule has 0 bridgehead atoms. The van der Waals surface area contributed by atoms with Gasteiger partial charge in [-0.2, -0.15) is 10.2 Å². The van der Waals surface area contributed by atoms with Gasteiger partial charge >= 0.3 is 0 Å². The Morgan fingerprint density at radius 2 is 2.22 bits per heavy atom. The summed E-state index contributed by atoms with van der Waals surface area (Å²) in [5.74, 6) is 0. The molecule has 90 valence electrons. The van der Waals surface area contributed by atoms with Gasteiger partial charge in [0.25, 0.3) is 0 Å². The van der Waals surface area contributed by atoms with E-state index in [1.54, 1.807) is 0 Å². The average Bonchev–Trinajstić information content (AvgIpc) is 3.04. The zero-order valence-electron chi connectivity index (χ0n) is 10.1. The Morgan fingerprint density at radius 3 is 3.17 bits per heavy atom. The van der Waals surface area contributed by atoms with E-state index in [2.05, 4.69) is 38.8 Å². The molecule has 0 unspecified atom stereocenters. The molecule has 0 saturated carbocycles. The van der Waals surface area contributed by atoms with Crippen molar-refractivity contribution in [2.45, 2.75) is 13.1 Å². The molecular formula is C13H13N5. The molecule has 0 aliphatic carbocycles. The summed E-state index contributed by atoms with van der Waals surface area (Å²) in [7, 11) is 1.96. The molecule has 0 spiro atoms. The fourth-order valence-corrected chi connectivity index (χ4v) is 2.60. The predicted octanol–water partition coefficient (Wildman–Crippen LogP) is 1.57. The van der Waals surface area contributed by atoms with Crippen molar-refractivity contribution in [3.8, 4) is 11.3 Å². The van der Waals surface area contributed by atoms with Crippen LogP contribution in [0.4, 0.5) is 0 Å². The van der Waals surface area contributed by atoms with Crippen LogP contribution in [-0.4, -0.2) is 20.0 Å². The summed E-state index contributed by atoms with van der Waals surface area (Å²) in [4.78, 5) is 0. The topological polar surface area (TPSA) is 58.5 Å². The number of H-pyrrole nitrogens is 1. The van der Waals surface area contributed by atoms with Gasteiger partial charge in [-0.25, -0.2) is 0 Å². The molecule has 0 saturated heterocycles. The number of aryl methyl sites for hydroxylation is 1. The van der Waals surface area contributed by atoms with Gasteiger partial charge in [0, 0.05) is 36.7 Å². The molecule has 4 rings (SSSR count). The molecule has 5 heteroatoms. The van der Waals surface area contributed by atoms with E-state index in [-0.39, 0.29) is 0 Å². The molecular weight excluding hydrogens is 226 g/mol. The second-order valence-corrected chi connectivity index (χ2v) is 4.67. The average molecular weight is 239 g/mol. The number of rotatable bonds is 1. The van der Waals surface area contributed by atoms with Gasteiger partial charge in [0.15, 0.2) is 0 Å². The highest BCUT2D eigenvalue weighted by Gasteiger charge is 2.19. The Morgan fingerprint density at radius 1 is 1.28 bits per heavy atom. The van der Waals surface area contributed by atoms with Crippen molar-refractivity contribution in [3.05, 3.63) is 35.7 Å².